The smallest absolute Gasteiger partial charge is 0.312 e. The van der Waals surface area contributed by atoms with Crippen LogP contribution in [0.3, 0.4) is 0 Å². The van der Waals surface area contributed by atoms with E-state index in [0.717, 1.165) is 0 Å². The number of rotatable bonds is 5. The number of hydrogen-bond acceptors (Lipinski definition) is 4. The van der Waals surface area contributed by atoms with Crippen LogP contribution in [0.5, 0.6) is 0 Å². The fourth-order valence-electron chi connectivity index (χ4n) is 1.65. The second-order valence-corrected chi connectivity index (χ2v) is 5.25. The molecule has 1 atom stereocenters. The van der Waals surface area contributed by atoms with E-state index >= 15 is 0 Å². The molecule has 1 rings (SSSR count). The Balaban J connectivity index is 3.27. The van der Waals surface area contributed by atoms with E-state index in [1.807, 2.05) is 13.8 Å². The van der Waals surface area contributed by atoms with Gasteiger partial charge < -0.3 is 5.11 Å². The molecular weight excluding hydrogens is 304 g/mol. The first-order chi connectivity index (χ1) is 8.32. The molecule has 18 heavy (non-hydrogen) atoms. The number of carbonyl (C=O) groups is 1. The molecule has 7 heteroatoms. The first-order valence-corrected chi connectivity index (χ1v) is 6.14. The van der Waals surface area contributed by atoms with E-state index in [4.69, 9.17) is 0 Å². The summed E-state index contributed by atoms with van der Waals surface area (Å²) in [5.74, 6) is -1.95. The van der Waals surface area contributed by atoms with E-state index in [0.29, 0.717) is 10.9 Å². The molecule has 1 aromatic heterocycles. The number of hydrogen-bond donors (Lipinski definition) is 1. The van der Waals surface area contributed by atoms with Crippen LogP contribution in [-0.2, 0) is 4.79 Å². The van der Waals surface area contributed by atoms with Crippen LogP contribution in [0.2, 0.25) is 0 Å². The lowest BCUT2D eigenvalue weighted by Crippen LogP contribution is -2.17. The highest BCUT2D eigenvalue weighted by molar-refractivity contribution is 9.10. The molecule has 0 saturated carbocycles. The summed E-state index contributed by atoms with van der Waals surface area (Å²) in [7, 11) is 0. The highest BCUT2D eigenvalue weighted by atomic mass is 79.9. The van der Waals surface area contributed by atoms with E-state index in [2.05, 4.69) is 20.9 Å². The van der Waals surface area contributed by atoms with Crippen LogP contribution in [0, 0.1) is 16.0 Å². The molecule has 0 aliphatic heterocycles. The lowest BCUT2D eigenvalue weighted by atomic mass is 9.93. The number of carboxylic acids is 1. The minimum absolute atomic E-state index is 0.00407. The Labute approximate surface area is 112 Å². The third-order valence-corrected chi connectivity index (χ3v) is 2.83. The molecule has 0 fully saturated rings. The van der Waals surface area contributed by atoms with Gasteiger partial charge in [-0.25, -0.2) is 0 Å². The zero-order chi connectivity index (χ0) is 13.9. The molecule has 0 aliphatic carbocycles. The molecular formula is C11H13BrN2O4. The summed E-state index contributed by atoms with van der Waals surface area (Å²) >= 11 is 3.09. The topological polar surface area (TPSA) is 93.3 Å². The average Bonchev–Trinajstić information content (AvgIpc) is 2.25. The monoisotopic (exact) mass is 316 g/mol. The van der Waals surface area contributed by atoms with Gasteiger partial charge >= 0.3 is 5.97 Å². The highest BCUT2D eigenvalue weighted by Gasteiger charge is 2.30. The van der Waals surface area contributed by atoms with Crippen molar-refractivity contribution in [2.45, 2.75) is 26.2 Å². The van der Waals surface area contributed by atoms with Crippen LogP contribution in [-0.4, -0.2) is 21.0 Å². The van der Waals surface area contributed by atoms with Crippen LogP contribution in [0.4, 0.5) is 5.69 Å². The fraction of sp³-hybridized carbons (Fsp3) is 0.455. The van der Waals surface area contributed by atoms with Crippen molar-refractivity contribution in [2.75, 3.05) is 0 Å². The standard InChI is InChI=1S/C11H13BrN2O4/c1-6(2)3-8(11(15)16)10-9(14(17)18)4-7(12)5-13-10/h4-6,8H,3H2,1-2H3,(H,15,16). The molecule has 98 valence electrons. The molecule has 0 aliphatic rings. The molecule has 0 spiro atoms. The van der Waals surface area contributed by atoms with Gasteiger partial charge in [0.15, 0.2) is 0 Å². The summed E-state index contributed by atoms with van der Waals surface area (Å²) in [6, 6.07) is 1.28. The number of nitro groups is 1. The Morgan fingerprint density at radius 1 is 1.61 bits per heavy atom. The van der Waals surface area contributed by atoms with Gasteiger partial charge in [-0.2, -0.15) is 0 Å². The number of aromatic nitrogens is 1. The quantitative estimate of drug-likeness (QED) is 0.665. The third-order valence-electron chi connectivity index (χ3n) is 2.40. The molecule has 0 radical (unpaired) electrons. The summed E-state index contributed by atoms with van der Waals surface area (Å²) in [5.41, 5.74) is -0.262. The lowest BCUT2D eigenvalue weighted by molar-refractivity contribution is -0.386. The van der Waals surface area contributed by atoms with E-state index in [9.17, 15) is 20.0 Å². The maximum absolute atomic E-state index is 11.2. The Morgan fingerprint density at radius 3 is 2.67 bits per heavy atom. The Kier molecular flexibility index (Phi) is 4.77. The summed E-state index contributed by atoms with van der Waals surface area (Å²) in [5, 5.41) is 20.1. The van der Waals surface area contributed by atoms with Crippen molar-refractivity contribution in [1.82, 2.24) is 4.98 Å². The summed E-state index contributed by atoms with van der Waals surface area (Å²) < 4.78 is 0.451. The molecule has 1 aromatic rings. The van der Waals surface area contributed by atoms with Crippen molar-refractivity contribution in [1.29, 1.82) is 0 Å². The predicted molar refractivity (Wildman–Crippen MR) is 68.4 cm³/mol. The maximum Gasteiger partial charge on any atom is 0.312 e. The van der Waals surface area contributed by atoms with Crippen LogP contribution >= 0.6 is 15.9 Å². The van der Waals surface area contributed by atoms with Gasteiger partial charge in [-0.3, -0.25) is 19.9 Å². The van der Waals surface area contributed by atoms with Crippen molar-refractivity contribution in [3.05, 3.63) is 32.5 Å². The van der Waals surface area contributed by atoms with E-state index < -0.39 is 16.8 Å². The number of halogens is 1. The number of aliphatic carboxylic acids is 1. The van der Waals surface area contributed by atoms with Crippen molar-refractivity contribution in [2.24, 2.45) is 5.92 Å². The van der Waals surface area contributed by atoms with Crippen LogP contribution < -0.4 is 0 Å². The van der Waals surface area contributed by atoms with Gasteiger partial charge in [0.2, 0.25) is 0 Å². The summed E-state index contributed by atoms with van der Waals surface area (Å²) in [4.78, 5) is 25.5. The molecule has 0 aromatic carbocycles. The van der Waals surface area contributed by atoms with Crippen LogP contribution in [0.1, 0.15) is 31.9 Å². The van der Waals surface area contributed by atoms with E-state index in [-0.39, 0.29) is 17.3 Å². The fourth-order valence-corrected chi connectivity index (χ4v) is 1.97. The number of pyridine rings is 1. The second-order valence-electron chi connectivity index (χ2n) is 4.34. The van der Waals surface area contributed by atoms with Crippen molar-refractivity contribution in [3.63, 3.8) is 0 Å². The summed E-state index contributed by atoms with van der Waals surface area (Å²) in [6.45, 7) is 3.72. The lowest BCUT2D eigenvalue weighted by Gasteiger charge is -2.14. The van der Waals surface area contributed by atoms with Gasteiger partial charge in [-0.05, 0) is 28.3 Å². The van der Waals surface area contributed by atoms with Crippen LogP contribution in [0.15, 0.2) is 16.7 Å². The summed E-state index contributed by atoms with van der Waals surface area (Å²) in [6.07, 6.45) is 1.68. The molecule has 0 saturated heterocycles. The highest BCUT2D eigenvalue weighted by Crippen LogP contribution is 2.31. The molecule has 6 nitrogen and oxygen atoms in total. The molecule has 1 N–H and O–H groups in total. The van der Waals surface area contributed by atoms with Crippen molar-refractivity contribution < 1.29 is 14.8 Å². The molecule has 1 heterocycles. The Bertz CT molecular complexity index is 476. The van der Waals surface area contributed by atoms with Gasteiger partial charge in [0.05, 0.1) is 4.92 Å². The first-order valence-electron chi connectivity index (χ1n) is 5.35. The van der Waals surface area contributed by atoms with Gasteiger partial charge in [0, 0.05) is 16.7 Å². The third kappa shape index (κ3) is 3.49. The largest absolute Gasteiger partial charge is 0.481 e. The van der Waals surface area contributed by atoms with Crippen LogP contribution in [0.25, 0.3) is 0 Å². The molecule has 0 bridgehead atoms. The minimum Gasteiger partial charge on any atom is -0.481 e. The van der Waals surface area contributed by atoms with E-state index in [1.54, 1.807) is 0 Å². The minimum atomic E-state index is -1.10. The maximum atomic E-state index is 11.2. The van der Waals surface area contributed by atoms with Gasteiger partial charge in [0.25, 0.3) is 5.69 Å². The van der Waals surface area contributed by atoms with E-state index in [1.165, 1.54) is 12.3 Å². The number of carboxylic acid groups (broad SMARTS) is 1. The second kappa shape index (κ2) is 5.90. The van der Waals surface area contributed by atoms with Gasteiger partial charge in [-0.15, -0.1) is 0 Å². The zero-order valence-corrected chi connectivity index (χ0v) is 11.5. The SMILES string of the molecule is CC(C)CC(C(=O)O)c1ncc(Br)cc1[N+](=O)[O-]. The number of nitrogens with zero attached hydrogens (tertiary/aromatic N) is 2. The molecule has 0 amide bonds. The normalized spacial score (nSPS) is 12.4. The first kappa shape index (κ1) is 14.6. The van der Waals surface area contributed by atoms with Crippen molar-refractivity contribution in [3.8, 4) is 0 Å². The van der Waals surface area contributed by atoms with Gasteiger partial charge in [0.1, 0.15) is 11.6 Å². The molecule has 1 unspecified atom stereocenters. The average molecular weight is 317 g/mol. The predicted octanol–water partition coefficient (Wildman–Crippen LogP) is 2.97. The van der Waals surface area contributed by atoms with Gasteiger partial charge in [-0.1, -0.05) is 13.8 Å². The van der Waals surface area contributed by atoms with Crippen molar-refractivity contribution >= 4 is 27.6 Å². The Morgan fingerprint density at radius 2 is 2.22 bits per heavy atom. The Hall–Kier alpha value is -1.50. The zero-order valence-electron chi connectivity index (χ0n) is 9.96.